The lowest BCUT2D eigenvalue weighted by atomic mass is 10.00. The highest BCUT2D eigenvalue weighted by atomic mass is 16.5. The predicted molar refractivity (Wildman–Crippen MR) is 125 cm³/mol. The quantitative estimate of drug-likeness (QED) is 0.318. The monoisotopic (exact) mass is 459 g/mol. The molecule has 0 spiro atoms. The summed E-state index contributed by atoms with van der Waals surface area (Å²) >= 11 is 0. The van der Waals surface area contributed by atoms with Gasteiger partial charge in [-0.25, -0.2) is 9.59 Å². The molecule has 0 bridgehead atoms. The first kappa shape index (κ1) is 22.5. The Morgan fingerprint density at radius 3 is 2.44 bits per heavy atom. The second-order valence-corrected chi connectivity index (χ2v) is 7.67. The van der Waals surface area contributed by atoms with Crippen molar-refractivity contribution < 1.29 is 24.2 Å². The number of carbonyl (C=O) groups is 3. The minimum atomic E-state index is -1.22. The number of esters is 1. The normalized spacial score (nSPS) is 10.8. The van der Waals surface area contributed by atoms with Crippen molar-refractivity contribution in [2.45, 2.75) is 13.8 Å². The summed E-state index contributed by atoms with van der Waals surface area (Å²) in [7, 11) is 1.20. The summed E-state index contributed by atoms with van der Waals surface area (Å²) < 4.78 is 4.72. The number of aromatic amines is 1. The SMILES string of the molecule is COC(=O)c1cc(Nc2c(C(N)=O)cnc3cc(-c4c(C)n[nH]c4C)ccc23)cc(C(=O)O)c1. The molecule has 2 aromatic heterocycles. The molecule has 0 radical (unpaired) electrons. The molecule has 0 unspecified atom stereocenters. The van der Waals surface area contributed by atoms with Gasteiger partial charge in [0.25, 0.3) is 5.91 Å². The van der Waals surface area contributed by atoms with Crippen LogP contribution in [0.4, 0.5) is 11.4 Å². The Kier molecular flexibility index (Phi) is 5.72. The molecule has 0 atom stereocenters. The number of nitrogens with zero attached hydrogens (tertiary/aromatic N) is 2. The molecule has 2 aromatic carbocycles. The molecule has 10 heteroatoms. The average molecular weight is 459 g/mol. The molecule has 0 fully saturated rings. The molecule has 0 aliphatic rings. The number of primary amides is 1. The van der Waals surface area contributed by atoms with Crippen LogP contribution >= 0.6 is 0 Å². The number of carbonyl (C=O) groups excluding carboxylic acids is 2. The van der Waals surface area contributed by atoms with E-state index in [2.05, 4.69) is 20.5 Å². The standard InChI is InChI=1S/C24H21N5O5/c1-11-20(12(2)29-28-11)13-4-5-17-19(9-13)26-10-18(22(25)30)21(17)27-16-7-14(23(31)32)6-15(8-16)24(33)34-3/h4-10H,1-3H3,(H2,25,30)(H,26,27)(H,28,29)(H,31,32). The summed E-state index contributed by atoms with van der Waals surface area (Å²) in [4.78, 5) is 40.2. The third kappa shape index (κ3) is 4.04. The van der Waals surface area contributed by atoms with Crippen LogP contribution in [0.3, 0.4) is 0 Å². The third-order valence-electron chi connectivity index (χ3n) is 5.42. The number of carboxylic acids is 1. The fraction of sp³-hybridized carbons (Fsp3) is 0.125. The van der Waals surface area contributed by atoms with Crippen molar-refractivity contribution in [1.82, 2.24) is 15.2 Å². The number of H-pyrrole nitrogens is 1. The van der Waals surface area contributed by atoms with E-state index in [-0.39, 0.29) is 22.4 Å². The summed E-state index contributed by atoms with van der Waals surface area (Å²) in [5.74, 6) is -2.64. The van der Waals surface area contributed by atoms with Crippen LogP contribution in [0, 0.1) is 13.8 Å². The number of anilines is 2. The number of pyridine rings is 1. The first-order valence-electron chi connectivity index (χ1n) is 10.2. The van der Waals surface area contributed by atoms with Crippen molar-refractivity contribution in [3.05, 3.63) is 70.7 Å². The Balaban J connectivity index is 1.88. The number of benzene rings is 2. The van der Waals surface area contributed by atoms with E-state index in [0.29, 0.717) is 16.6 Å². The molecular weight excluding hydrogens is 438 g/mol. The van der Waals surface area contributed by atoms with Crippen LogP contribution in [0.2, 0.25) is 0 Å². The molecular formula is C24H21N5O5. The van der Waals surface area contributed by atoms with Crippen molar-refractivity contribution in [1.29, 1.82) is 0 Å². The van der Waals surface area contributed by atoms with Gasteiger partial charge < -0.3 is 20.9 Å². The van der Waals surface area contributed by atoms with Crippen LogP contribution in [0.15, 0.2) is 42.6 Å². The number of amides is 1. The molecule has 10 nitrogen and oxygen atoms in total. The number of aromatic carboxylic acids is 1. The zero-order valence-corrected chi connectivity index (χ0v) is 18.6. The number of hydrogen-bond acceptors (Lipinski definition) is 7. The largest absolute Gasteiger partial charge is 0.478 e. The van der Waals surface area contributed by atoms with E-state index in [4.69, 9.17) is 10.5 Å². The highest BCUT2D eigenvalue weighted by Crippen LogP contribution is 2.34. The van der Waals surface area contributed by atoms with E-state index >= 15 is 0 Å². The molecule has 4 rings (SSSR count). The molecule has 5 N–H and O–H groups in total. The number of methoxy groups -OCH3 is 1. The molecule has 2 heterocycles. The number of aryl methyl sites for hydroxylation is 2. The molecule has 0 aliphatic heterocycles. The first-order chi connectivity index (χ1) is 16.2. The van der Waals surface area contributed by atoms with Gasteiger partial charge in [-0.1, -0.05) is 12.1 Å². The lowest BCUT2D eigenvalue weighted by Gasteiger charge is -2.15. The third-order valence-corrected chi connectivity index (χ3v) is 5.42. The van der Waals surface area contributed by atoms with Gasteiger partial charge in [0.15, 0.2) is 0 Å². The van der Waals surface area contributed by atoms with Crippen LogP contribution in [0.5, 0.6) is 0 Å². The Morgan fingerprint density at radius 2 is 1.82 bits per heavy atom. The lowest BCUT2D eigenvalue weighted by Crippen LogP contribution is -2.14. The van der Waals surface area contributed by atoms with Crippen molar-refractivity contribution >= 4 is 40.1 Å². The van der Waals surface area contributed by atoms with Gasteiger partial charge >= 0.3 is 11.9 Å². The van der Waals surface area contributed by atoms with Crippen LogP contribution < -0.4 is 11.1 Å². The summed E-state index contributed by atoms with van der Waals surface area (Å²) in [6.07, 6.45) is 1.36. The maximum absolute atomic E-state index is 12.2. The number of hydrogen-bond donors (Lipinski definition) is 4. The van der Waals surface area contributed by atoms with E-state index in [1.807, 2.05) is 26.0 Å². The molecule has 172 valence electrons. The summed E-state index contributed by atoms with van der Waals surface area (Å²) in [6.45, 7) is 3.82. The van der Waals surface area contributed by atoms with Crippen molar-refractivity contribution in [3.8, 4) is 11.1 Å². The summed E-state index contributed by atoms with van der Waals surface area (Å²) in [5, 5.41) is 20.3. The van der Waals surface area contributed by atoms with Gasteiger partial charge in [-0.3, -0.25) is 14.9 Å². The number of fused-ring (bicyclic) bond motifs is 1. The Labute approximate surface area is 193 Å². The lowest BCUT2D eigenvalue weighted by molar-refractivity contribution is 0.0600. The molecule has 0 aliphatic carbocycles. The van der Waals surface area contributed by atoms with Crippen molar-refractivity contribution in [3.63, 3.8) is 0 Å². The smallest absolute Gasteiger partial charge is 0.337 e. The van der Waals surface area contributed by atoms with E-state index in [1.165, 1.54) is 31.5 Å². The number of nitrogens with one attached hydrogen (secondary N) is 2. The molecule has 0 saturated carbocycles. The summed E-state index contributed by atoms with van der Waals surface area (Å²) in [6, 6.07) is 9.52. The van der Waals surface area contributed by atoms with E-state index < -0.39 is 17.8 Å². The highest BCUT2D eigenvalue weighted by molar-refractivity contribution is 6.08. The zero-order valence-electron chi connectivity index (χ0n) is 18.6. The van der Waals surface area contributed by atoms with Crippen LogP contribution in [0.1, 0.15) is 42.5 Å². The van der Waals surface area contributed by atoms with Gasteiger partial charge in [-0.15, -0.1) is 0 Å². The van der Waals surface area contributed by atoms with Gasteiger partial charge in [-0.05, 0) is 43.7 Å². The predicted octanol–water partition coefficient (Wildman–Crippen LogP) is 3.57. The highest BCUT2D eigenvalue weighted by Gasteiger charge is 2.18. The minimum absolute atomic E-state index is 0.0390. The number of aromatic nitrogens is 3. The maximum Gasteiger partial charge on any atom is 0.337 e. The number of carboxylic acid groups (broad SMARTS) is 1. The number of ether oxygens (including phenoxy) is 1. The van der Waals surface area contributed by atoms with Gasteiger partial charge in [0.1, 0.15) is 0 Å². The van der Waals surface area contributed by atoms with Crippen LogP contribution in [-0.2, 0) is 4.74 Å². The molecule has 34 heavy (non-hydrogen) atoms. The fourth-order valence-electron chi connectivity index (χ4n) is 3.85. The fourth-order valence-corrected chi connectivity index (χ4v) is 3.85. The van der Waals surface area contributed by atoms with Crippen LogP contribution in [0.25, 0.3) is 22.0 Å². The van der Waals surface area contributed by atoms with Gasteiger partial charge in [-0.2, -0.15) is 5.10 Å². The van der Waals surface area contributed by atoms with Crippen molar-refractivity contribution in [2.24, 2.45) is 5.73 Å². The van der Waals surface area contributed by atoms with Crippen molar-refractivity contribution in [2.75, 3.05) is 12.4 Å². The Hall–Kier alpha value is -4.73. The van der Waals surface area contributed by atoms with Gasteiger partial charge in [0.2, 0.25) is 0 Å². The molecule has 0 saturated heterocycles. The zero-order chi connectivity index (χ0) is 24.6. The molecule has 4 aromatic rings. The number of rotatable bonds is 6. The maximum atomic E-state index is 12.2. The van der Waals surface area contributed by atoms with Gasteiger partial charge in [0.05, 0.1) is 40.7 Å². The first-order valence-corrected chi connectivity index (χ1v) is 10.2. The Morgan fingerprint density at radius 1 is 1.09 bits per heavy atom. The van der Waals surface area contributed by atoms with E-state index in [0.717, 1.165) is 22.5 Å². The summed E-state index contributed by atoms with van der Waals surface area (Å²) in [5.41, 5.74) is 10.4. The second kappa shape index (κ2) is 8.66. The van der Waals surface area contributed by atoms with E-state index in [1.54, 1.807) is 6.07 Å². The second-order valence-electron chi connectivity index (χ2n) is 7.67. The topological polar surface area (TPSA) is 160 Å². The molecule has 1 amide bonds. The number of nitrogens with two attached hydrogens (primary N) is 1. The average Bonchev–Trinajstić information content (AvgIpc) is 3.15. The van der Waals surface area contributed by atoms with Gasteiger partial charge in [0, 0.05) is 28.5 Å². The van der Waals surface area contributed by atoms with E-state index in [9.17, 15) is 19.5 Å². The Bertz CT molecular complexity index is 1450. The van der Waals surface area contributed by atoms with Crippen LogP contribution in [-0.4, -0.2) is 45.2 Å². The minimum Gasteiger partial charge on any atom is -0.478 e.